The molecule has 0 fully saturated rings. The van der Waals surface area contributed by atoms with Crippen molar-refractivity contribution >= 4 is 49.7 Å². The van der Waals surface area contributed by atoms with Crippen LogP contribution in [0.25, 0.3) is 0 Å². The SMILES string of the molecule is COC(=O)c1c(NC(=S)NCc2ccc(S(N)(=O)=O)cc2)sc2c1CCC2. The Morgan fingerprint density at radius 3 is 2.63 bits per heavy atom. The zero-order valence-electron chi connectivity index (χ0n) is 14.6. The van der Waals surface area contributed by atoms with E-state index in [1.165, 1.54) is 35.5 Å². The number of ether oxygens (including phenoxy) is 1. The summed E-state index contributed by atoms with van der Waals surface area (Å²) in [6, 6.07) is 6.22. The molecule has 0 unspecified atom stereocenters. The van der Waals surface area contributed by atoms with Crippen LogP contribution in [0, 0.1) is 0 Å². The molecule has 144 valence electrons. The van der Waals surface area contributed by atoms with Gasteiger partial charge in [-0.05, 0) is 54.7 Å². The Hall–Kier alpha value is -2.01. The van der Waals surface area contributed by atoms with E-state index in [0.717, 1.165) is 30.4 Å². The number of sulfonamides is 1. The van der Waals surface area contributed by atoms with Crippen molar-refractivity contribution in [2.75, 3.05) is 12.4 Å². The van der Waals surface area contributed by atoms with Crippen molar-refractivity contribution in [1.82, 2.24) is 5.32 Å². The summed E-state index contributed by atoms with van der Waals surface area (Å²) in [5.74, 6) is -0.363. The van der Waals surface area contributed by atoms with Crippen LogP contribution >= 0.6 is 23.6 Å². The second-order valence-electron chi connectivity index (χ2n) is 6.05. The van der Waals surface area contributed by atoms with Gasteiger partial charge in [-0.3, -0.25) is 0 Å². The van der Waals surface area contributed by atoms with Gasteiger partial charge in [0, 0.05) is 11.4 Å². The Bertz CT molecular complexity index is 982. The molecule has 10 heteroatoms. The molecule has 0 radical (unpaired) electrons. The second kappa shape index (κ2) is 7.93. The van der Waals surface area contributed by atoms with E-state index in [0.29, 0.717) is 22.2 Å². The number of carbonyl (C=O) groups is 1. The number of hydrogen-bond acceptors (Lipinski definition) is 6. The lowest BCUT2D eigenvalue weighted by Crippen LogP contribution is -2.28. The lowest BCUT2D eigenvalue weighted by Gasteiger charge is -2.11. The van der Waals surface area contributed by atoms with Crippen LogP contribution in [0.5, 0.6) is 0 Å². The van der Waals surface area contributed by atoms with Crippen molar-refractivity contribution in [2.24, 2.45) is 5.14 Å². The molecule has 0 bridgehead atoms. The minimum absolute atomic E-state index is 0.0581. The molecule has 3 rings (SSSR count). The molecule has 7 nitrogen and oxygen atoms in total. The van der Waals surface area contributed by atoms with Gasteiger partial charge in [-0.15, -0.1) is 11.3 Å². The fraction of sp³-hybridized carbons (Fsp3) is 0.294. The van der Waals surface area contributed by atoms with Crippen LogP contribution < -0.4 is 15.8 Å². The van der Waals surface area contributed by atoms with Crippen molar-refractivity contribution in [1.29, 1.82) is 0 Å². The Kier molecular flexibility index (Phi) is 5.80. The average Bonchev–Trinajstić information content (AvgIpc) is 3.19. The van der Waals surface area contributed by atoms with Crippen molar-refractivity contribution in [3.8, 4) is 0 Å². The summed E-state index contributed by atoms with van der Waals surface area (Å²) >= 11 is 6.85. The van der Waals surface area contributed by atoms with E-state index < -0.39 is 10.0 Å². The zero-order valence-corrected chi connectivity index (χ0v) is 17.0. The highest BCUT2D eigenvalue weighted by Crippen LogP contribution is 2.39. The van der Waals surface area contributed by atoms with Crippen LogP contribution in [0.3, 0.4) is 0 Å². The summed E-state index contributed by atoms with van der Waals surface area (Å²) in [4.78, 5) is 13.4. The van der Waals surface area contributed by atoms with Crippen molar-refractivity contribution < 1.29 is 17.9 Å². The van der Waals surface area contributed by atoms with Crippen LogP contribution in [0.1, 0.15) is 32.8 Å². The number of thiocarbonyl (C=S) groups is 1. The van der Waals surface area contributed by atoms with E-state index in [-0.39, 0.29) is 10.9 Å². The number of rotatable bonds is 5. The first-order valence-electron chi connectivity index (χ1n) is 8.19. The number of benzene rings is 1. The highest BCUT2D eigenvalue weighted by atomic mass is 32.2. The number of esters is 1. The standard InChI is InChI=1S/C17H19N3O4S3/c1-24-16(21)14-12-3-2-4-13(12)26-15(14)20-17(25)19-9-10-5-7-11(8-6-10)27(18,22)23/h5-8H,2-4,9H2,1H3,(H2,18,22,23)(H2,19,20,25). The van der Waals surface area contributed by atoms with Gasteiger partial charge in [-0.25, -0.2) is 18.4 Å². The lowest BCUT2D eigenvalue weighted by molar-refractivity contribution is 0.0601. The molecule has 2 aromatic rings. The van der Waals surface area contributed by atoms with Gasteiger partial charge in [0.25, 0.3) is 0 Å². The fourth-order valence-corrected chi connectivity index (χ4v) is 4.97. The molecule has 0 aliphatic heterocycles. The summed E-state index contributed by atoms with van der Waals surface area (Å²) in [5, 5.41) is 12.3. The number of hydrogen-bond donors (Lipinski definition) is 3. The quantitative estimate of drug-likeness (QED) is 0.497. The Balaban J connectivity index is 1.66. The zero-order chi connectivity index (χ0) is 19.6. The van der Waals surface area contributed by atoms with Crippen LogP contribution in [0.2, 0.25) is 0 Å². The maximum absolute atomic E-state index is 12.2. The van der Waals surface area contributed by atoms with Gasteiger partial charge in [0.15, 0.2) is 5.11 Å². The molecule has 1 aliphatic carbocycles. The predicted molar refractivity (Wildman–Crippen MR) is 109 cm³/mol. The first kappa shape index (κ1) is 19.7. The van der Waals surface area contributed by atoms with Crippen LogP contribution in [0.15, 0.2) is 29.2 Å². The number of methoxy groups -OCH3 is 1. The van der Waals surface area contributed by atoms with E-state index in [2.05, 4.69) is 10.6 Å². The van der Waals surface area contributed by atoms with Crippen LogP contribution in [-0.4, -0.2) is 26.6 Å². The normalized spacial score (nSPS) is 13.1. The molecule has 27 heavy (non-hydrogen) atoms. The molecule has 0 saturated carbocycles. The number of thiophene rings is 1. The minimum atomic E-state index is -3.71. The molecule has 1 aliphatic rings. The molecular formula is C17H19N3O4S3. The third kappa shape index (κ3) is 4.46. The number of nitrogens with two attached hydrogens (primary N) is 1. The summed E-state index contributed by atoms with van der Waals surface area (Å²) in [6.45, 7) is 0.398. The summed E-state index contributed by atoms with van der Waals surface area (Å²) < 4.78 is 27.5. The first-order chi connectivity index (χ1) is 12.8. The first-order valence-corrected chi connectivity index (χ1v) is 11.0. The highest BCUT2D eigenvalue weighted by Gasteiger charge is 2.27. The number of aryl methyl sites for hydroxylation is 1. The molecule has 0 atom stereocenters. The maximum atomic E-state index is 12.2. The lowest BCUT2D eigenvalue weighted by atomic mass is 10.1. The number of carbonyl (C=O) groups excluding carboxylic acids is 1. The van der Waals surface area contributed by atoms with E-state index >= 15 is 0 Å². The maximum Gasteiger partial charge on any atom is 0.341 e. The Morgan fingerprint density at radius 2 is 2.00 bits per heavy atom. The predicted octanol–water partition coefficient (Wildman–Crippen LogP) is 2.16. The van der Waals surface area contributed by atoms with Crippen LogP contribution in [0.4, 0.5) is 5.00 Å². The van der Waals surface area contributed by atoms with Crippen molar-refractivity contribution in [2.45, 2.75) is 30.7 Å². The van der Waals surface area contributed by atoms with Gasteiger partial charge in [-0.1, -0.05) is 12.1 Å². The van der Waals surface area contributed by atoms with E-state index in [1.807, 2.05) is 0 Å². The fourth-order valence-electron chi connectivity index (χ4n) is 2.94. The number of fused-ring (bicyclic) bond motifs is 1. The molecule has 0 spiro atoms. The molecule has 0 amide bonds. The summed E-state index contributed by atoms with van der Waals surface area (Å²) in [7, 11) is -2.34. The Labute approximate surface area is 167 Å². The average molecular weight is 426 g/mol. The van der Waals surface area contributed by atoms with Gasteiger partial charge >= 0.3 is 5.97 Å². The molecular weight excluding hydrogens is 406 g/mol. The number of primary sulfonamides is 1. The molecule has 1 aromatic carbocycles. The third-order valence-electron chi connectivity index (χ3n) is 4.24. The molecule has 4 N–H and O–H groups in total. The van der Waals surface area contributed by atoms with E-state index in [4.69, 9.17) is 22.1 Å². The van der Waals surface area contributed by atoms with Crippen LogP contribution in [-0.2, 0) is 34.1 Å². The van der Waals surface area contributed by atoms with Crippen molar-refractivity contribution in [3.63, 3.8) is 0 Å². The van der Waals surface area contributed by atoms with Gasteiger partial charge in [0.2, 0.25) is 10.0 Å². The molecule has 1 heterocycles. The van der Waals surface area contributed by atoms with Gasteiger partial charge in [0.1, 0.15) is 5.00 Å². The number of anilines is 1. The third-order valence-corrected chi connectivity index (χ3v) is 6.63. The molecule has 1 aromatic heterocycles. The molecule has 0 saturated heterocycles. The van der Waals surface area contributed by atoms with Gasteiger partial charge in [-0.2, -0.15) is 0 Å². The van der Waals surface area contributed by atoms with Gasteiger partial charge in [0.05, 0.1) is 17.6 Å². The topological polar surface area (TPSA) is 111 Å². The van der Waals surface area contributed by atoms with E-state index in [1.54, 1.807) is 12.1 Å². The minimum Gasteiger partial charge on any atom is -0.465 e. The second-order valence-corrected chi connectivity index (χ2v) is 9.12. The highest BCUT2D eigenvalue weighted by molar-refractivity contribution is 7.89. The van der Waals surface area contributed by atoms with Crippen molar-refractivity contribution in [3.05, 3.63) is 45.8 Å². The monoisotopic (exact) mass is 425 g/mol. The summed E-state index contributed by atoms with van der Waals surface area (Å²) in [5.41, 5.74) is 2.46. The number of nitrogens with one attached hydrogen (secondary N) is 2. The smallest absolute Gasteiger partial charge is 0.341 e. The Morgan fingerprint density at radius 1 is 1.30 bits per heavy atom. The summed E-state index contributed by atoms with van der Waals surface area (Å²) in [6.07, 6.45) is 2.87. The van der Waals surface area contributed by atoms with E-state index in [9.17, 15) is 13.2 Å². The largest absolute Gasteiger partial charge is 0.465 e. The van der Waals surface area contributed by atoms with Gasteiger partial charge < -0.3 is 15.4 Å².